The second-order valence-corrected chi connectivity index (χ2v) is 4.49. The lowest BCUT2D eigenvalue weighted by Gasteiger charge is -2.09. The van der Waals surface area contributed by atoms with Crippen LogP contribution in [0, 0.1) is 11.6 Å². The fraction of sp³-hybridized carbons (Fsp3) is 0.125. The van der Waals surface area contributed by atoms with Crippen molar-refractivity contribution in [2.45, 2.75) is 6.92 Å². The SMILES string of the molecule is CCOc1ccc(C(=O)NNC(=O)c2cc(F)ccc2F)cc1. The first-order chi connectivity index (χ1) is 11.0. The number of halogens is 2. The third-order valence-corrected chi connectivity index (χ3v) is 2.89. The van der Waals surface area contributed by atoms with Gasteiger partial charge in [0.15, 0.2) is 0 Å². The molecule has 7 heteroatoms. The molecule has 0 aliphatic carbocycles. The maximum absolute atomic E-state index is 13.4. The van der Waals surface area contributed by atoms with Crippen molar-refractivity contribution in [3.63, 3.8) is 0 Å². The van der Waals surface area contributed by atoms with Crippen molar-refractivity contribution >= 4 is 11.8 Å². The zero-order valence-electron chi connectivity index (χ0n) is 12.2. The minimum Gasteiger partial charge on any atom is -0.494 e. The third kappa shape index (κ3) is 4.26. The van der Waals surface area contributed by atoms with Crippen LogP contribution in [0.5, 0.6) is 5.75 Å². The van der Waals surface area contributed by atoms with Crippen LogP contribution in [-0.4, -0.2) is 18.4 Å². The molecule has 2 rings (SSSR count). The van der Waals surface area contributed by atoms with E-state index in [-0.39, 0.29) is 5.56 Å². The van der Waals surface area contributed by atoms with Gasteiger partial charge in [0, 0.05) is 5.56 Å². The minimum absolute atomic E-state index is 0.272. The van der Waals surface area contributed by atoms with Crippen LogP contribution in [0.1, 0.15) is 27.6 Å². The standard InChI is InChI=1S/C16H14F2N2O3/c1-2-23-12-6-3-10(4-7-12)15(21)19-20-16(22)13-9-11(17)5-8-14(13)18/h3-9H,2H2,1H3,(H,19,21)(H,20,22). The molecule has 0 radical (unpaired) electrons. The van der Waals surface area contributed by atoms with Gasteiger partial charge < -0.3 is 4.74 Å². The Bertz CT molecular complexity index is 718. The van der Waals surface area contributed by atoms with Gasteiger partial charge in [-0.2, -0.15) is 0 Å². The van der Waals surface area contributed by atoms with Crippen molar-refractivity contribution < 1.29 is 23.1 Å². The van der Waals surface area contributed by atoms with Gasteiger partial charge in [-0.3, -0.25) is 20.4 Å². The lowest BCUT2D eigenvalue weighted by atomic mass is 10.2. The average molecular weight is 320 g/mol. The van der Waals surface area contributed by atoms with Gasteiger partial charge >= 0.3 is 0 Å². The maximum Gasteiger partial charge on any atom is 0.272 e. The number of benzene rings is 2. The van der Waals surface area contributed by atoms with Gasteiger partial charge in [0.1, 0.15) is 17.4 Å². The molecule has 2 amide bonds. The van der Waals surface area contributed by atoms with Crippen LogP contribution >= 0.6 is 0 Å². The van der Waals surface area contributed by atoms with E-state index in [4.69, 9.17) is 4.74 Å². The molecule has 0 aromatic heterocycles. The summed E-state index contributed by atoms with van der Waals surface area (Å²) in [6.07, 6.45) is 0. The van der Waals surface area contributed by atoms with Crippen LogP contribution in [0.25, 0.3) is 0 Å². The Hall–Kier alpha value is -2.96. The summed E-state index contributed by atoms with van der Waals surface area (Å²) in [5.74, 6) is -2.59. The van der Waals surface area contributed by atoms with Crippen LogP contribution < -0.4 is 15.6 Å². The molecule has 120 valence electrons. The third-order valence-electron chi connectivity index (χ3n) is 2.89. The summed E-state index contributed by atoms with van der Waals surface area (Å²) in [5.41, 5.74) is 3.92. The van der Waals surface area contributed by atoms with Gasteiger partial charge in [-0.05, 0) is 49.4 Å². The normalized spacial score (nSPS) is 10.0. The van der Waals surface area contributed by atoms with E-state index in [0.717, 1.165) is 18.2 Å². The van der Waals surface area contributed by atoms with Gasteiger partial charge in [-0.15, -0.1) is 0 Å². The van der Waals surface area contributed by atoms with E-state index < -0.39 is 29.0 Å². The largest absolute Gasteiger partial charge is 0.494 e. The van der Waals surface area contributed by atoms with Crippen molar-refractivity contribution in [2.75, 3.05) is 6.61 Å². The number of ether oxygens (including phenoxy) is 1. The van der Waals surface area contributed by atoms with Crippen molar-refractivity contribution in [3.8, 4) is 5.75 Å². The molecular formula is C16H14F2N2O3. The van der Waals surface area contributed by atoms with E-state index in [1.54, 1.807) is 12.1 Å². The van der Waals surface area contributed by atoms with Gasteiger partial charge in [0.05, 0.1) is 12.2 Å². The van der Waals surface area contributed by atoms with Gasteiger partial charge in [0.2, 0.25) is 0 Å². The molecule has 0 heterocycles. The smallest absolute Gasteiger partial charge is 0.272 e. The molecular weight excluding hydrogens is 306 g/mol. The molecule has 0 saturated carbocycles. The molecule has 0 unspecified atom stereocenters. The van der Waals surface area contributed by atoms with Crippen LogP contribution in [0.15, 0.2) is 42.5 Å². The number of rotatable bonds is 4. The number of carbonyl (C=O) groups is 2. The Morgan fingerprint density at radius 2 is 1.65 bits per heavy atom. The number of hydrogen-bond acceptors (Lipinski definition) is 3. The molecule has 0 atom stereocenters. The fourth-order valence-corrected chi connectivity index (χ4v) is 1.79. The first-order valence-electron chi connectivity index (χ1n) is 6.80. The number of amides is 2. The van der Waals surface area contributed by atoms with Crippen molar-refractivity contribution in [2.24, 2.45) is 0 Å². The number of hydrazine groups is 1. The Morgan fingerprint density at radius 1 is 1.00 bits per heavy atom. The van der Waals surface area contributed by atoms with Crippen LogP contribution in [0.3, 0.4) is 0 Å². The van der Waals surface area contributed by atoms with Gasteiger partial charge in [0.25, 0.3) is 11.8 Å². The summed E-state index contributed by atoms with van der Waals surface area (Å²) in [5, 5.41) is 0. The quantitative estimate of drug-likeness (QED) is 0.850. The molecule has 2 N–H and O–H groups in total. The molecule has 0 aliphatic rings. The molecule has 0 aliphatic heterocycles. The predicted octanol–water partition coefficient (Wildman–Crippen LogP) is 2.44. The summed E-state index contributed by atoms with van der Waals surface area (Å²) < 4.78 is 31.7. The molecule has 2 aromatic rings. The average Bonchev–Trinajstić information content (AvgIpc) is 2.55. The first kappa shape index (κ1) is 16.4. The Balaban J connectivity index is 1.98. The predicted molar refractivity (Wildman–Crippen MR) is 78.9 cm³/mol. The van der Waals surface area contributed by atoms with Crippen molar-refractivity contribution in [3.05, 3.63) is 65.2 Å². The molecule has 23 heavy (non-hydrogen) atoms. The highest BCUT2D eigenvalue weighted by Gasteiger charge is 2.14. The minimum atomic E-state index is -0.957. The van der Waals surface area contributed by atoms with E-state index >= 15 is 0 Å². The van der Waals surface area contributed by atoms with E-state index in [1.165, 1.54) is 12.1 Å². The Morgan fingerprint density at radius 3 is 2.30 bits per heavy atom. The number of hydrogen-bond donors (Lipinski definition) is 2. The first-order valence-corrected chi connectivity index (χ1v) is 6.80. The molecule has 0 bridgehead atoms. The number of nitrogens with one attached hydrogen (secondary N) is 2. The highest BCUT2D eigenvalue weighted by molar-refractivity contribution is 5.99. The summed E-state index contributed by atoms with van der Waals surface area (Å²) in [4.78, 5) is 23.6. The second kappa shape index (κ2) is 7.35. The lowest BCUT2D eigenvalue weighted by Crippen LogP contribution is -2.42. The fourth-order valence-electron chi connectivity index (χ4n) is 1.79. The van der Waals surface area contributed by atoms with Crippen LogP contribution in [-0.2, 0) is 0 Å². The number of carbonyl (C=O) groups excluding carboxylic acids is 2. The molecule has 0 spiro atoms. The van der Waals surface area contributed by atoms with Gasteiger partial charge in [-0.1, -0.05) is 0 Å². The van der Waals surface area contributed by atoms with Crippen LogP contribution in [0.2, 0.25) is 0 Å². The van der Waals surface area contributed by atoms with E-state index in [0.29, 0.717) is 12.4 Å². The van der Waals surface area contributed by atoms with Crippen molar-refractivity contribution in [1.29, 1.82) is 0 Å². The summed E-state index contributed by atoms with van der Waals surface area (Å²) >= 11 is 0. The molecule has 0 saturated heterocycles. The zero-order chi connectivity index (χ0) is 16.8. The summed E-state index contributed by atoms with van der Waals surface area (Å²) in [6, 6.07) is 8.69. The van der Waals surface area contributed by atoms with Gasteiger partial charge in [-0.25, -0.2) is 8.78 Å². The highest BCUT2D eigenvalue weighted by atomic mass is 19.1. The maximum atomic E-state index is 13.4. The monoisotopic (exact) mass is 320 g/mol. The highest BCUT2D eigenvalue weighted by Crippen LogP contribution is 2.12. The Kier molecular flexibility index (Phi) is 5.24. The summed E-state index contributed by atoms with van der Waals surface area (Å²) in [6.45, 7) is 2.34. The molecule has 5 nitrogen and oxygen atoms in total. The molecule has 2 aromatic carbocycles. The van der Waals surface area contributed by atoms with E-state index in [1.807, 2.05) is 12.3 Å². The van der Waals surface area contributed by atoms with E-state index in [2.05, 4.69) is 5.43 Å². The zero-order valence-corrected chi connectivity index (χ0v) is 12.2. The second-order valence-electron chi connectivity index (χ2n) is 4.49. The summed E-state index contributed by atoms with van der Waals surface area (Å²) in [7, 11) is 0. The van der Waals surface area contributed by atoms with Crippen molar-refractivity contribution in [1.82, 2.24) is 10.9 Å². The lowest BCUT2D eigenvalue weighted by molar-refractivity contribution is 0.0844. The van der Waals surface area contributed by atoms with E-state index in [9.17, 15) is 18.4 Å². The Labute approximate surface area is 131 Å². The molecule has 0 fully saturated rings. The topological polar surface area (TPSA) is 67.4 Å². The van der Waals surface area contributed by atoms with Crippen LogP contribution in [0.4, 0.5) is 8.78 Å².